The van der Waals surface area contributed by atoms with E-state index in [4.69, 9.17) is 9.97 Å². The van der Waals surface area contributed by atoms with E-state index in [1.54, 1.807) is 0 Å². The number of hydrogen-bond donors (Lipinski definition) is 0. The molecule has 25 heavy (non-hydrogen) atoms. The van der Waals surface area contributed by atoms with Gasteiger partial charge in [0.1, 0.15) is 11.6 Å². The van der Waals surface area contributed by atoms with Gasteiger partial charge in [0.2, 0.25) is 0 Å². The van der Waals surface area contributed by atoms with Crippen LogP contribution in [-0.2, 0) is 32.0 Å². The molecule has 0 bridgehead atoms. The molecule has 0 radical (unpaired) electrons. The number of aryl methyl sites for hydroxylation is 1. The highest BCUT2D eigenvalue weighted by atomic mass is 15.2. The molecule has 3 heterocycles. The zero-order valence-corrected chi connectivity index (χ0v) is 15.5. The molecule has 0 N–H and O–H groups in total. The van der Waals surface area contributed by atoms with Crippen molar-refractivity contribution < 1.29 is 0 Å². The molecule has 5 heteroatoms. The summed E-state index contributed by atoms with van der Waals surface area (Å²) >= 11 is 0. The quantitative estimate of drug-likeness (QED) is 0.721. The Morgan fingerprint density at radius 3 is 2.68 bits per heavy atom. The molecule has 0 saturated heterocycles. The van der Waals surface area contributed by atoms with E-state index < -0.39 is 0 Å². The van der Waals surface area contributed by atoms with Crippen molar-refractivity contribution in [3.63, 3.8) is 0 Å². The van der Waals surface area contributed by atoms with E-state index in [9.17, 15) is 0 Å². The fourth-order valence-electron chi connectivity index (χ4n) is 3.41. The maximum Gasteiger partial charge on any atom is 0.133 e. The summed E-state index contributed by atoms with van der Waals surface area (Å²) in [5.74, 6) is 2.05. The molecule has 0 aliphatic carbocycles. The number of fused-ring (bicyclic) bond motifs is 2. The lowest BCUT2D eigenvalue weighted by atomic mass is 9.95. The molecule has 130 valence electrons. The van der Waals surface area contributed by atoms with Gasteiger partial charge in [-0.25, -0.2) is 15.0 Å². The maximum absolute atomic E-state index is 4.82. The molecule has 1 aromatic carbocycles. The van der Waals surface area contributed by atoms with Gasteiger partial charge in [0, 0.05) is 49.4 Å². The van der Waals surface area contributed by atoms with Crippen LogP contribution in [0.5, 0.6) is 0 Å². The van der Waals surface area contributed by atoms with Gasteiger partial charge in [-0.2, -0.15) is 0 Å². The molecule has 0 unspecified atom stereocenters. The Labute approximate surface area is 148 Å². The van der Waals surface area contributed by atoms with Crippen LogP contribution >= 0.6 is 0 Å². The molecule has 1 aliphatic rings. The summed E-state index contributed by atoms with van der Waals surface area (Å²) < 4.78 is 2.20. The van der Waals surface area contributed by atoms with Gasteiger partial charge in [0.25, 0.3) is 0 Å². The molecule has 0 saturated carbocycles. The number of rotatable bonds is 2. The summed E-state index contributed by atoms with van der Waals surface area (Å²) in [4.78, 5) is 16.7. The third-order valence-corrected chi connectivity index (χ3v) is 4.93. The summed E-state index contributed by atoms with van der Waals surface area (Å²) in [5.41, 5.74) is 4.71. The molecule has 4 rings (SSSR count). The highest BCUT2D eigenvalue weighted by Crippen LogP contribution is 2.24. The van der Waals surface area contributed by atoms with Gasteiger partial charge in [0.05, 0.1) is 17.6 Å². The molecule has 3 aromatic rings. The molecule has 5 nitrogen and oxygen atoms in total. The standard InChI is InChI=1S/C20H25N5/c1-20(2,3)19-21-11-14-12-25(10-9-15(14)23-19)13-18-22-16-7-5-6-8-17(16)24(18)4/h5-8,11H,9-10,12-13H2,1-4H3. The molecule has 1 aliphatic heterocycles. The fourth-order valence-corrected chi connectivity index (χ4v) is 3.41. The van der Waals surface area contributed by atoms with Crippen molar-refractivity contribution in [2.24, 2.45) is 7.05 Å². The van der Waals surface area contributed by atoms with Crippen LogP contribution in [0.15, 0.2) is 30.5 Å². The van der Waals surface area contributed by atoms with Crippen LogP contribution in [0, 0.1) is 0 Å². The van der Waals surface area contributed by atoms with Gasteiger partial charge in [-0.1, -0.05) is 32.9 Å². The third-order valence-electron chi connectivity index (χ3n) is 4.93. The van der Waals surface area contributed by atoms with Gasteiger partial charge in [-0.15, -0.1) is 0 Å². The predicted octanol–water partition coefficient (Wildman–Crippen LogP) is 3.22. The number of benzene rings is 1. The van der Waals surface area contributed by atoms with Gasteiger partial charge in [0.15, 0.2) is 0 Å². The Balaban J connectivity index is 1.55. The maximum atomic E-state index is 4.82. The van der Waals surface area contributed by atoms with Crippen LogP contribution in [-0.4, -0.2) is 31.0 Å². The van der Waals surface area contributed by atoms with E-state index in [2.05, 4.69) is 60.5 Å². The summed E-state index contributed by atoms with van der Waals surface area (Å²) in [5, 5.41) is 0. The number of hydrogen-bond acceptors (Lipinski definition) is 4. The van der Waals surface area contributed by atoms with Crippen LogP contribution < -0.4 is 0 Å². The second-order valence-electron chi connectivity index (χ2n) is 7.95. The molecule has 0 spiro atoms. The first-order valence-corrected chi connectivity index (χ1v) is 8.90. The minimum absolute atomic E-state index is 0.000762. The van der Waals surface area contributed by atoms with Gasteiger partial charge >= 0.3 is 0 Å². The Kier molecular flexibility index (Phi) is 3.84. The number of imidazole rings is 1. The Bertz CT molecular complexity index is 919. The molecule has 0 amide bonds. The summed E-state index contributed by atoms with van der Waals surface area (Å²) in [7, 11) is 2.10. The molecule has 0 atom stereocenters. The monoisotopic (exact) mass is 335 g/mol. The second-order valence-corrected chi connectivity index (χ2v) is 7.95. The fraction of sp³-hybridized carbons (Fsp3) is 0.450. The van der Waals surface area contributed by atoms with Gasteiger partial charge in [-0.3, -0.25) is 4.90 Å². The molecule has 0 fully saturated rings. The van der Waals surface area contributed by atoms with E-state index in [1.807, 2.05) is 12.3 Å². The summed E-state index contributed by atoms with van der Waals surface area (Å²) in [6.07, 6.45) is 2.99. The zero-order chi connectivity index (χ0) is 17.6. The third kappa shape index (κ3) is 3.04. The summed E-state index contributed by atoms with van der Waals surface area (Å²) in [6.45, 7) is 9.24. The topological polar surface area (TPSA) is 46.8 Å². The first-order chi connectivity index (χ1) is 11.9. The van der Waals surface area contributed by atoms with Crippen molar-refractivity contribution in [3.05, 3.63) is 53.4 Å². The van der Waals surface area contributed by atoms with E-state index >= 15 is 0 Å². The smallest absolute Gasteiger partial charge is 0.133 e. The highest BCUT2D eigenvalue weighted by Gasteiger charge is 2.23. The zero-order valence-electron chi connectivity index (χ0n) is 15.5. The van der Waals surface area contributed by atoms with Crippen molar-refractivity contribution in [1.82, 2.24) is 24.4 Å². The van der Waals surface area contributed by atoms with Crippen LogP contribution in [0.3, 0.4) is 0 Å². The van der Waals surface area contributed by atoms with Gasteiger partial charge in [-0.05, 0) is 12.1 Å². The molecule has 2 aromatic heterocycles. The minimum atomic E-state index is -0.000762. The molecular formula is C20H25N5. The Morgan fingerprint density at radius 2 is 1.92 bits per heavy atom. The highest BCUT2D eigenvalue weighted by molar-refractivity contribution is 5.75. The van der Waals surface area contributed by atoms with Crippen molar-refractivity contribution >= 4 is 11.0 Å². The Hall–Kier alpha value is -2.27. The average molecular weight is 335 g/mol. The number of nitrogens with zero attached hydrogens (tertiary/aromatic N) is 5. The van der Waals surface area contributed by atoms with E-state index in [1.165, 1.54) is 16.8 Å². The average Bonchev–Trinajstić information content (AvgIpc) is 2.90. The van der Waals surface area contributed by atoms with Crippen LogP contribution in [0.1, 0.15) is 43.7 Å². The number of aromatic nitrogens is 4. The first-order valence-electron chi connectivity index (χ1n) is 8.90. The summed E-state index contributed by atoms with van der Waals surface area (Å²) in [6, 6.07) is 8.31. The lowest BCUT2D eigenvalue weighted by Gasteiger charge is -2.28. The number of para-hydroxylation sites is 2. The van der Waals surface area contributed by atoms with Crippen LogP contribution in [0.4, 0.5) is 0 Å². The molecular weight excluding hydrogens is 310 g/mol. The van der Waals surface area contributed by atoms with E-state index in [0.717, 1.165) is 43.2 Å². The SMILES string of the molecule is Cn1c(CN2CCc3nc(C(C)(C)C)ncc3C2)nc2ccccc21. The van der Waals surface area contributed by atoms with Crippen molar-refractivity contribution in [2.75, 3.05) is 6.54 Å². The van der Waals surface area contributed by atoms with E-state index in [-0.39, 0.29) is 5.41 Å². The van der Waals surface area contributed by atoms with E-state index in [0.29, 0.717) is 0 Å². The lowest BCUT2D eigenvalue weighted by molar-refractivity contribution is 0.234. The van der Waals surface area contributed by atoms with Crippen molar-refractivity contribution in [3.8, 4) is 0 Å². The van der Waals surface area contributed by atoms with Crippen LogP contribution in [0.2, 0.25) is 0 Å². The largest absolute Gasteiger partial charge is 0.330 e. The first kappa shape index (κ1) is 16.2. The van der Waals surface area contributed by atoms with Crippen LogP contribution in [0.25, 0.3) is 11.0 Å². The Morgan fingerprint density at radius 1 is 1.12 bits per heavy atom. The lowest BCUT2D eigenvalue weighted by Crippen LogP contribution is -2.32. The minimum Gasteiger partial charge on any atom is -0.330 e. The van der Waals surface area contributed by atoms with Crippen molar-refractivity contribution in [2.45, 2.75) is 45.7 Å². The second kappa shape index (κ2) is 5.92. The predicted molar refractivity (Wildman–Crippen MR) is 99.3 cm³/mol. The normalized spacial score (nSPS) is 15.5. The van der Waals surface area contributed by atoms with Crippen molar-refractivity contribution in [1.29, 1.82) is 0 Å². The van der Waals surface area contributed by atoms with Gasteiger partial charge < -0.3 is 4.57 Å².